The van der Waals surface area contributed by atoms with Crippen LogP contribution in [0.2, 0.25) is 0 Å². The summed E-state index contributed by atoms with van der Waals surface area (Å²) in [4.78, 5) is 30.7. The maximum absolute atomic E-state index is 12.5. The van der Waals surface area contributed by atoms with Crippen LogP contribution in [0.15, 0.2) is 36.5 Å². The number of rotatable bonds is 4. The Kier molecular flexibility index (Phi) is 6.72. The SMILES string of the molecule is COc1nc2c(cc1Nc1ncc3cccc(C4=CCN(C(=O)OC(C)(C)C)CC4)c3n1)CN(C)CC2. The summed E-state index contributed by atoms with van der Waals surface area (Å²) < 4.78 is 11.1. The maximum Gasteiger partial charge on any atom is 0.410 e. The minimum atomic E-state index is -0.511. The van der Waals surface area contributed by atoms with Crippen LogP contribution in [0.1, 0.15) is 44.0 Å². The van der Waals surface area contributed by atoms with Crippen LogP contribution in [0.3, 0.4) is 0 Å². The van der Waals surface area contributed by atoms with E-state index in [-0.39, 0.29) is 6.09 Å². The van der Waals surface area contributed by atoms with Gasteiger partial charge in [0.15, 0.2) is 0 Å². The van der Waals surface area contributed by atoms with Crippen molar-refractivity contribution in [3.63, 3.8) is 0 Å². The van der Waals surface area contributed by atoms with E-state index in [2.05, 4.69) is 40.5 Å². The number of aromatic nitrogens is 3. The predicted octanol–water partition coefficient (Wildman–Crippen LogP) is 4.79. The van der Waals surface area contributed by atoms with E-state index in [0.29, 0.717) is 24.9 Å². The molecule has 2 aromatic heterocycles. The van der Waals surface area contributed by atoms with Crippen molar-refractivity contribution in [2.24, 2.45) is 0 Å². The number of carbonyl (C=O) groups is 1. The van der Waals surface area contributed by atoms with E-state index in [0.717, 1.165) is 59.4 Å². The molecule has 4 heterocycles. The van der Waals surface area contributed by atoms with Gasteiger partial charge >= 0.3 is 6.09 Å². The molecule has 194 valence electrons. The lowest BCUT2D eigenvalue weighted by molar-refractivity contribution is 0.0270. The molecule has 37 heavy (non-hydrogen) atoms. The van der Waals surface area contributed by atoms with Crippen LogP contribution in [0, 0.1) is 0 Å². The standard InChI is InChI=1S/C28H34N6O3/c1-28(2,3)37-27(35)34-13-9-18(10-14-34)21-8-6-7-19-16-29-26(32-24(19)21)31-23-15-20-17-33(4)12-11-22(20)30-25(23)36-5/h6-9,15-16H,10-14,17H2,1-5H3,(H,29,31,32). The molecule has 0 spiro atoms. The highest BCUT2D eigenvalue weighted by Crippen LogP contribution is 2.32. The van der Waals surface area contributed by atoms with Gasteiger partial charge in [-0.05, 0) is 51.4 Å². The second kappa shape index (κ2) is 9.97. The van der Waals surface area contributed by atoms with E-state index in [1.54, 1.807) is 12.0 Å². The zero-order valence-corrected chi connectivity index (χ0v) is 22.2. The molecule has 2 aliphatic heterocycles. The molecule has 1 N–H and O–H groups in total. The molecule has 0 unspecified atom stereocenters. The predicted molar refractivity (Wildman–Crippen MR) is 144 cm³/mol. The zero-order chi connectivity index (χ0) is 26.2. The maximum atomic E-state index is 12.5. The molecule has 3 aromatic rings. The van der Waals surface area contributed by atoms with Gasteiger partial charge in [0.25, 0.3) is 0 Å². The van der Waals surface area contributed by atoms with Gasteiger partial charge in [-0.25, -0.2) is 19.7 Å². The molecule has 9 heteroatoms. The Morgan fingerprint density at radius 2 is 1.97 bits per heavy atom. The molecular weight excluding hydrogens is 468 g/mol. The Morgan fingerprint density at radius 3 is 2.70 bits per heavy atom. The van der Waals surface area contributed by atoms with Crippen LogP contribution in [0.25, 0.3) is 16.5 Å². The Morgan fingerprint density at radius 1 is 1.14 bits per heavy atom. The summed E-state index contributed by atoms with van der Waals surface area (Å²) in [5, 5.41) is 4.29. The lowest BCUT2D eigenvalue weighted by Gasteiger charge is -2.29. The Hall–Kier alpha value is -3.72. The van der Waals surface area contributed by atoms with E-state index < -0.39 is 5.60 Å². The van der Waals surface area contributed by atoms with Gasteiger partial charge < -0.3 is 24.6 Å². The van der Waals surface area contributed by atoms with Crippen molar-refractivity contribution < 1.29 is 14.3 Å². The van der Waals surface area contributed by atoms with Crippen LogP contribution in [0.5, 0.6) is 5.88 Å². The normalized spacial score (nSPS) is 16.2. The number of hydrogen-bond donors (Lipinski definition) is 1. The number of para-hydroxylation sites is 1. The molecule has 1 aromatic carbocycles. The summed E-state index contributed by atoms with van der Waals surface area (Å²) in [5.74, 6) is 1.02. The fraction of sp³-hybridized carbons (Fsp3) is 0.429. The number of fused-ring (bicyclic) bond motifs is 2. The highest BCUT2D eigenvalue weighted by Gasteiger charge is 2.25. The molecule has 1 amide bonds. The van der Waals surface area contributed by atoms with Crippen molar-refractivity contribution in [3.05, 3.63) is 53.4 Å². The summed E-state index contributed by atoms with van der Waals surface area (Å²) >= 11 is 0. The van der Waals surface area contributed by atoms with E-state index >= 15 is 0 Å². The molecule has 0 radical (unpaired) electrons. The molecule has 5 rings (SSSR count). The molecule has 0 bridgehead atoms. The minimum Gasteiger partial charge on any atom is -0.480 e. The number of benzene rings is 1. The average molecular weight is 503 g/mol. The number of amides is 1. The van der Waals surface area contributed by atoms with Crippen LogP contribution in [-0.4, -0.2) is 70.2 Å². The lowest BCUT2D eigenvalue weighted by Crippen LogP contribution is -2.39. The second-order valence-corrected chi connectivity index (χ2v) is 10.6. The number of nitrogens with one attached hydrogen (secondary N) is 1. The number of pyridine rings is 1. The first-order valence-electron chi connectivity index (χ1n) is 12.7. The molecule has 2 aliphatic rings. The number of ether oxygens (including phenoxy) is 2. The van der Waals surface area contributed by atoms with Crippen LogP contribution in [0.4, 0.5) is 16.4 Å². The van der Waals surface area contributed by atoms with Gasteiger partial charge in [-0.3, -0.25) is 0 Å². The van der Waals surface area contributed by atoms with Gasteiger partial charge in [0.2, 0.25) is 11.8 Å². The number of likely N-dealkylation sites (N-methyl/N-ethyl adjacent to an activating group) is 1. The second-order valence-electron chi connectivity index (χ2n) is 10.6. The first kappa shape index (κ1) is 25.0. The van der Waals surface area contributed by atoms with Crippen molar-refractivity contribution in [1.82, 2.24) is 24.8 Å². The van der Waals surface area contributed by atoms with Gasteiger partial charge in [0.05, 0.1) is 18.3 Å². The first-order chi connectivity index (χ1) is 17.7. The van der Waals surface area contributed by atoms with Gasteiger partial charge in [0.1, 0.15) is 11.3 Å². The number of hydrogen-bond acceptors (Lipinski definition) is 8. The summed E-state index contributed by atoms with van der Waals surface area (Å²) in [6, 6.07) is 8.19. The van der Waals surface area contributed by atoms with Crippen LogP contribution < -0.4 is 10.1 Å². The first-order valence-corrected chi connectivity index (χ1v) is 12.7. The van der Waals surface area contributed by atoms with Crippen molar-refractivity contribution in [1.29, 1.82) is 0 Å². The molecule has 0 fully saturated rings. The largest absolute Gasteiger partial charge is 0.480 e. The minimum absolute atomic E-state index is 0.284. The van der Waals surface area contributed by atoms with Crippen LogP contribution in [-0.2, 0) is 17.7 Å². The molecule has 0 saturated carbocycles. The third-order valence-corrected chi connectivity index (χ3v) is 6.58. The highest BCUT2D eigenvalue weighted by atomic mass is 16.6. The number of methoxy groups -OCH3 is 1. The van der Waals surface area contributed by atoms with E-state index in [4.69, 9.17) is 19.4 Å². The molecular formula is C28H34N6O3. The third-order valence-electron chi connectivity index (χ3n) is 6.58. The van der Waals surface area contributed by atoms with Gasteiger partial charge in [-0.15, -0.1) is 0 Å². The average Bonchev–Trinajstić information content (AvgIpc) is 2.87. The van der Waals surface area contributed by atoms with Gasteiger partial charge in [0, 0.05) is 49.7 Å². The molecule has 9 nitrogen and oxygen atoms in total. The quantitative estimate of drug-likeness (QED) is 0.545. The van der Waals surface area contributed by atoms with Crippen molar-refractivity contribution >= 4 is 34.2 Å². The Labute approximate surface area is 217 Å². The van der Waals surface area contributed by atoms with Crippen molar-refractivity contribution in [2.75, 3.05) is 39.1 Å². The highest BCUT2D eigenvalue weighted by molar-refractivity contribution is 5.91. The Balaban J connectivity index is 1.42. The van der Waals surface area contributed by atoms with Crippen molar-refractivity contribution in [2.45, 2.75) is 45.8 Å². The molecule has 0 atom stereocenters. The van der Waals surface area contributed by atoms with Gasteiger partial charge in [-0.2, -0.15) is 0 Å². The molecule has 0 aliphatic carbocycles. The summed E-state index contributed by atoms with van der Waals surface area (Å²) in [7, 11) is 3.74. The number of anilines is 2. The summed E-state index contributed by atoms with van der Waals surface area (Å²) in [6.45, 7) is 8.57. The van der Waals surface area contributed by atoms with Gasteiger partial charge in [-0.1, -0.05) is 24.3 Å². The zero-order valence-electron chi connectivity index (χ0n) is 22.2. The van der Waals surface area contributed by atoms with E-state index in [9.17, 15) is 4.79 Å². The number of nitrogens with zero attached hydrogens (tertiary/aromatic N) is 5. The number of carbonyl (C=O) groups excluding carboxylic acids is 1. The fourth-order valence-electron chi connectivity index (χ4n) is 4.74. The fourth-order valence-corrected chi connectivity index (χ4v) is 4.74. The summed E-state index contributed by atoms with van der Waals surface area (Å²) in [5.41, 5.74) is 5.56. The van der Waals surface area contributed by atoms with E-state index in [1.807, 2.05) is 39.1 Å². The smallest absolute Gasteiger partial charge is 0.410 e. The molecule has 0 saturated heterocycles. The monoisotopic (exact) mass is 502 g/mol. The van der Waals surface area contributed by atoms with Crippen molar-refractivity contribution in [3.8, 4) is 5.88 Å². The third kappa shape index (κ3) is 5.51. The Bertz CT molecular complexity index is 1360. The van der Waals surface area contributed by atoms with Crippen LogP contribution >= 0.6 is 0 Å². The summed E-state index contributed by atoms with van der Waals surface area (Å²) in [6.07, 6.45) is 5.26. The topological polar surface area (TPSA) is 92.7 Å². The van der Waals surface area contributed by atoms with E-state index in [1.165, 1.54) is 5.56 Å². The lowest BCUT2D eigenvalue weighted by atomic mass is 9.97.